The number of aromatic nitrogens is 4. The van der Waals surface area contributed by atoms with E-state index >= 15 is 0 Å². The van der Waals surface area contributed by atoms with Crippen LogP contribution in [0, 0.1) is 0 Å². The monoisotopic (exact) mass is 415 g/mol. The molecule has 0 saturated heterocycles. The Morgan fingerprint density at radius 3 is 2.87 bits per heavy atom. The van der Waals surface area contributed by atoms with Gasteiger partial charge in [0.05, 0.1) is 16.7 Å². The van der Waals surface area contributed by atoms with Gasteiger partial charge >= 0.3 is 0 Å². The van der Waals surface area contributed by atoms with Crippen molar-refractivity contribution in [1.29, 1.82) is 0 Å². The molecule has 4 aromatic heterocycles. The van der Waals surface area contributed by atoms with Crippen LogP contribution >= 0.6 is 11.3 Å². The third-order valence-corrected chi connectivity index (χ3v) is 5.60. The number of pyridine rings is 1. The highest BCUT2D eigenvalue weighted by Crippen LogP contribution is 2.23. The van der Waals surface area contributed by atoms with Crippen molar-refractivity contribution in [2.45, 2.75) is 6.42 Å². The van der Waals surface area contributed by atoms with E-state index in [-0.39, 0.29) is 11.5 Å². The lowest BCUT2D eigenvalue weighted by Gasteiger charge is -2.05. The fourth-order valence-electron chi connectivity index (χ4n) is 3.35. The number of aromatic amines is 2. The van der Waals surface area contributed by atoms with Gasteiger partial charge in [0.1, 0.15) is 0 Å². The van der Waals surface area contributed by atoms with E-state index in [1.54, 1.807) is 18.3 Å². The summed E-state index contributed by atoms with van der Waals surface area (Å²) in [7, 11) is 0. The quantitative estimate of drug-likeness (QED) is 0.409. The van der Waals surface area contributed by atoms with Gasteiger partial charge in [0.25, 0.3) is 11.5 Å². The molecule has 0 aliphatic rings. The second-order valence-electron chi connectivity index (χ2n) is 6.90. The Kier molecular flexibility index (Phi) is 4.61. The normalized spacial score (nSPS) is 11.2. The van der Waals surface area contributed by atoms with Crippen LogP contribution < -0.4 is 10.9 Å². The molecule has 0 bridgehead atoms. The maximum atomic E-state index is 12.5. The summed E-state index contributed by atoms with van der Waals surface area (Å²) in [6.07, 6.45) is 2.41. The molecule has 0 aliphatic heterocycles. The number of rotatable bonds is 5. The fourth-order valence-corrected chi connectivity index (χ4v) is 4.05. The minimum atomic E-state index is -0.250. The number of benzene rings is 1. The van der Waals surface area contributed by atoms with Crippen LogP contribution in [0.4, 0.5) is 0 Å². The average molecular weight is 415 g/mol. The van der Waals surface area contributed by atoms with E-state index in [9.17, 15) is 9.59 Å². The topological polar surface area (TPSA) is 104 Å². The number of nitrogens with one attached hydrogen (secondary N) is 3. The number of thiophene rings is 1. The molecule has 7 nitrogen and oxygen atoms in total. The van der Waals surface area contributed by atoms with Crippen molar-refractivity contribution in [1.82, 2.24) is 25.3 Å². The van der Waals surface area contributed by atoms with Crippen LogP contribution in [0.3, 0.4) is 0 Å². The van der Waals surface area contributed by atoms with Gasteiger partial charge in [0, 0.05) is 52.1 Å². The second kappa shape index (κ2) is 7.57. The first kappa shape index (κ1) is 18.3. The van der Waals surface area contributed by atoms with Gasteiger partial charge in [-0.05, 0) is 30.3 Å². The molecule has 0 atom stereocenters. The highest BCUT2D eigenvalue weighted by Gasteiger charge is 2.13. The molecule has 4 heterocycles. The molecule has 0 fully saturated rings. The predicted molar refractivity (Wildman–Crippen MR) is 118 cm³/mol. The van der Waals surface area contributed by atoms with Gasteiger partial charge in [0.2, 0.25) is 0 Å². The number of H-pyrrole nitrogens is 2. The van der Waals surface area contributed by atoms with Crippen LogP contribution in [0.5, 0.6) is 0 Å². The molecule has 0 aliphatic carbocycles. The molecular weight excluding hydrogens is 398 g/mol. The van der Waals surface area contributed by atoms with E-state index in [4.69, 9.17) is 0 Å². The Balaban J connectivity index is 1.37. The molecule has 0 radical (unpaired) electrons. The van der Waals surface area contributed by atoms with Crippen molar-refractivity contribution >= 4 is 39.2 Å². The molecule has 0 unspecified atom stereocenters. The maximum absolute atomic E-state index is 12.5. The minimum absolute atomic E-state index is 0.153. The fraction of sp³-hybridized carbons (Fsp3) is 0.0909. The van der Waals surface area contributed by atoms with Crippen LogP contribution in [-0.2, 0) is 6.42 Å². The molecule has 5 rings (SSSR count). The summed E-state index contributed by atoms with van der Waals surface area (Å²) >= 11 is 1.49. The lowest BCUT2D eigenvalue weighted by Crippen LogP contribution is -2.25. The van der Waals surface area contributed by atoms with Crippen molar-refractivity contribution in [3.8, 4) is 11.4 Å². The van der Waals surface area contributed by atoms with Gasteiger partial charge < -0.3 is 15.3 Å². The average Bonchev–Trinajstić information content (AvgIpc) is 3.39. The Morgan fingerprint density at radius 1 is 1.07 bits per heavy atom. The Hall–Kier alpha value is -3.78. The smallest absolute Gasteiger partial charge is 0.276 e. The third-order valence-electron chi connectivity index (χ3n) is 4.87. The highest BCUT2D eigenvalue weighted by molar-refractivity contribution is 7.09. The molecule has 8 heteroatoms. The molecular formula is C22H17N5O2S. The summed E-state index contributed by atoms with van der Waals surface area (Å²) in [4.78, 5) is 39.7. The number of carbonyl (C=O) groups is 1. The summed E-state index contributed by atoms with van der Waals surface area (Å²) in [5.74, 6) is -0.153. The first-order valence-electron chi connectivity index (χ1n) is 9.45. The molecule has 30 heavy (non-hydrogen) atoms. The van der Waals surface area contributed by atoms with E-state index in [1.165, 1.54) is 11.3 Å². The lowest BCUT2D eigenvalue weighted by atomic mass is 10.1. The molecule has 5 aromatic rings. The van der Waals surface area contributed by atoms with Gasteiger partial charge in [-0.15, -0.1) is 11.3 Å². The molecule has 0 spiro atoms. The number of fused-ring (bicyclic) bond motifs is 2. The number of hydrogen-bond acceptors (Lipinski definition) is 5. The maximum Gasteiger partial charge on any atom is 0.276 e. The third kappa shape index (κ3) is 3.48. The highest BCUT2D eigenvalue weighted by atomic mass is 32.1. The SMILES string of the molecule is O=C(NCCc1ccccn1)c1ccc2cc(-c3nc4cscc4[nH]c3=O)[nH]c2c1. The van der Waals surface area contributed by atoms with Gasteiger partial charge in [-0.2, -0.15) is 0 Å². The lowest BCUT2D eigenvalue weighted by molar-refractivity contribution is 0.0954. The largest absolute Gasteiger partial charge is 0.353 e. The van der Waals surface area contributed by atoms with Gasteiger partial charge in [0.15, 0.2) is 5.69 Å². The van der Waals surface area contributed by atoms with E-state index < -0.39 is 0 Å². The van der Waals surface area contributed by atoms with Crippen LogP contribution in [-0.4, -0.2) is 32.4 Å². The molecule has 0 saturated carbocycles. The standard InChI is InChI=1S/C22H17N5O2S/c28-21(24-8-6-15-3-1-2-7-23-15)14-5-4-13-9-17(25-16(13)10-14)20-22(29)27-19-12-30-11-18(19)26-20/h1-5,7,9-12,25H,6,8H2,(H,24,28)(H,27,29). The summed E-state index contributed by atoms with van der Waals surface area (Å²) in [5.41, 5.74) is 4.44. The number of carbonyl (C=O) groups excluding carboxylic acids is 1. The zero-order valence-corrected chi connectivity index (χ0v) is 16.6. The number of amides is 1. The van der Waals surface area contributed by atoms with Crippen molar-refractivity contribution in [2.24, 2.45) is 0 Å². The Morgan fingerprint density at radius 2 is 2.00 bits per heavy atom. The molecule has 3 N–H and O–H groups in total. The first-order chi connectivity index (χ1) is 14.7. The number of hydrogen-bond donors (Lipinski definition) is 3. The summed E-state index contributed by atoms with van der Waals surface area (Å²) in [5, 5.41) is 7.57. The Bertz CT molecular complexity index is 1420. The zero-order valence-electron chi connectivity index (χ0n) is 15.8. The van der Waals surface area contributed by atoms with E-state index in [2.05, 4.69) is 25.3 Å². The molecule has 1 aromatic carbocycles. The molecule has 1 amide bonds. The second-order valence-corrected chi connectivity index (χ2v) is 7.64. The van der Waals surface area contributed by atoms with Gasteiger partial charge in [-0.1, -0.05) is 12.1 Å². The predicted octanol–water partition coefficient (Wildman–Crippen LogP) is 3.50. The van der Waals surface area contributed by atoms with E-state index in [0.29, 0.717) is 29.9 Å². The first-order valence-corrected chi connectivity index (χ1v) is 10.4. The van der Waals surface area contributed by atoms with Crippen molar-refractivity contribution < 1.29 is 4.79 Å². The van der Waals surface area contributed by atoms with Gasteiger partial charge in [-0.3, -0.25) is 14.6 Å². The van der Waals surface area contributed by atoms with Crippen molar-refractivity contribution in [3.05, 3.63) is 81.0 Å². The van der Waals surface area contributed by atoms with Crippen molar-refractivity contribution in [2.75, 3.05) is 6.54 Å². The summed E-state index contributed by atoms with van der Waals surface area (Å²) in [6, 6.07) is 13.0. The van der Waals surface area contributed by atoms with E-state index in [0.717, 1.165) is 27.6 Å². The van der Waals surface area contributed by atoms with Crippen LogP contribution in [0.1, 0.15) is 16.1 Å². The molecule has 148 valence electrons. The van der Waals surface area contributed by atoms with Crippen LogP contribution in [0.25, 0.3) is 33.3 Å². The summed E-state index contributed by atoms with van der Waals surface area (Å²) < 4.78 is 0. The van der Waals surface area contributed by atoms with Crippen molar-refractivity contribution in [3.63, 3.8) is 0 Å². The van der Waals surface area contributed by atoms with Crippen LogP contribution in [0.15, 0.2) is 64.2 Å². The van der Waals surface area contributed by atoms with E-state index in [1.807, 2.05) is 41.1 Å². The zero-order chi connectivity index (χ0) is 20.5. The minimum Gasteiger partial charge on any atom is -0.353 e. The summed E-state index contributed by atoms with van der Waals surface area (Å²) in [6.45, 7) is 0.504. The number of nitrogens with zero attached hydrogens (tertiary/aromatic N) is 2. The Labute approximate surface area is 174 Å². The van der Waals surface area contributed by atoms with Gasteiger partial charge in [-0.25, -0.2) is 4.98 Å². The van der Waals surface area contributed by atoms with Crippen LogP contribution in [0.2, 0.25) is 0 Å².